The zero-order valence-corrected chi connectivity index (χ0v) is 10.3. The highest BCUT2D eigenvalue weighted by Gasteiger charge is 2.56. The molecule has 1 N–H and O–H groups in total. The molecular formula is C14H23NO. The van der Waals surface area contributed by atoms with Crippen molar-refractivity contribution in [3.8, 4) is 6.07 Å². The summed E-state index contributed by atoms with van der Waals surface area (Å²) < 4.78 is 0. The van der Waals surface area contributed by atoms with Crippen LogP contribution in [0.5, 0.6) is 0 Å². The first-order valence-corrected chi connectivity index (χ1v) is 6.82. The molecule has 0 aliphatic heterocycles. The van der Waals surface area contributed by atoms with Crippen molar-refractivity contribution in [2.75, 3.05) is 0 Å². The predicted molar refractivity (Wildman–Crippen MR) is 63.7 cm³/mol. The first-order chi connectivity index (χ1) is 7.68. The van der Waals surface area contributed by atoms with Crippen molar-refractivity contribution in [3.05, 3.63) is 0 Å². The predicted octanol–water partition coefficient (Wildman–Crippen LogP) is 3.40. The fourth-order valence-electron chi connectivity index (χ4n) is 4.03. The summed E-state index contributed by atoms with van der Waals surface area (Å²) in [5.74, 6) is 0.352. The van der Waals surface area contributed by atoms with Crippen LogP contribution in [0.4, 0.5) is 0 Å². The Morgan fingerprint density at radius 2 is 1.88 bits per heavy atom. The Balaban J connectivity index is 2.28. The Bertz CT molecular complexity index is 288. The van der Waals surface area contributed by atoms with Crippen LogP contribution in [0.25, 0.3) is 0 Å². The molecule has 0 saturated heterocycles. The number of nitriles is 1. The van der Waals surface area contributed by atoms with Gasteiger partial charge < -0.3 is 5.11 Å². The van der Waals surface area contributed by atoms with Crippen molar-refractivity contribution in [3.63, 3.8) is 0 Å². The summed E-state index contributed by atoms with van der Waals surface area (Å²) in [6.07, 6.45) is 9.36. The summed E-state index contributed by atoms with van der Waals surface area (Å²) in [6.45, 7) is 2.15. The topological polar surface area (TPSA) is 44.0 Å². The monoisotopic (exact) mass is 221 g/mol. The van der Waals surface area contributed by atoms with Crippen LogP contribution >= 0.6 is 0 Å². The molecule has 0 aromatic rings. The maximum absolute atomic E-state index is 11.0. The number of rotatable bonds is 2. The lowest BCUT2D eigenvalue weighted by Gasteiger charge is -2.46. The van der Waals surface area contributed by atoms with Crippen LogP contribution in [0.2, 0.25) is 0 Å². The lowest BCUT2D eigenvalue weighted by molar-refractivity contribution is -0.101. The molecule has 2 heteroatoms. The van der Waals surface area contributed by atoms with Gasteiger partial charge in [-0.25, -0.2) is 0 Å². The average molecular weight is 221 g/mol. The normalized spacial score (nSPS) is 38.2. The Labute approximate surface area is 98.7 Å². The van der Waals surface area contributed by atoms with Gasteiger partial charge in [-0.2, -0.15) is 5.26 Å². The van der Waals surface area contributed by atoms with Gasteiger partial charge in [-0.05, 0) is 31.6 Å². The van der Waals surface area contributed by atoms with Gasteiger partial charge in [0.05, 0.1) is 17.1 Å². The molecule has 90 valence electrons. The smallest absolute Gasteiger partial charge is 0.0863 e. The zero-order chi connectivity index (χ0) is 11.6. The molecule has 0 heterocycles. The summed E-state index contributed by atoms with van der Waals surface area (Å²) in [5.41, 5.74) is -1.11. The minimum Gasteiger partial charge on any atom is -0.388 e. The van der Waals surface area contributed by atoms with E-state index >= 15 is 0 Å². The van der Waals surface area contributed by atoms with E-state index in [2.05, 4.69) is 13.0 Å². The van der Waals surface area contributed by atoms with Crippen molar-refractivity contribution >= 4 is 0 Å². The number of hydrogen-bond donors (Lipinski definition) is 1. The van der Waals surface area contributed by atoms with Crippen LogP contribution in [0, 0.1) is 22.7 Å². The van der Waals surface area contributed by atoms with E-state index < -0.39 is 11.0 Å². The van der Waals surface area contributed by atoms with Gasteiger partial charge >= 0.3 is 0 Å². The van der Waals surface area contributed by atoms with E-state index in [-0.39, 0.29) is 0 Å². The minimum absolute atomic E-state index is 0.352. The molecule has 2 saturated carbocycles. The van der Waals surface area contributed by atoms with Crippen LogP contribution in [0.15, 0.2) is 0 Å². The molecule has 2 aliphatic carbocycles. The second-order valence-electron chi connectivity index (χ2n) is 5.68. The molecule has 0 spiro atoms. The van der Waals surface area contributed by atoms with Crippen molar-refractivity contribution in [2.24, 2.45) is 11.3 Å². The fourth-order valence-corrected chi connectivity index (χ4v) is 4.03. The van der Waals surface area contributed by atoms with Gasteiger partial charge in [0.15, 0.2) is 0 Å². The van der Waals surface area contributed by atoms with E-state index in [4.69, 9.17) is 0 Å². The number of hydrogen-bond acceptors (Lipinski definition) is 2. The van der Waals surface area contributed by atoms with Gasteiger partial charge in [-0.3, -0.25) is 0 Å². The van der Waals surface area contributed by atoms with Gasteiger partial charge in [-0.15, -0.1) is 0 Å². The van der Waals surface area contributed by atoms with Crippen LogP contribution in [-0.4, -0.2) is 10.7 Å². The van der Waals surface area contributed by atoms with E-state index in [1.165, 1.54) is 6.42 Å². The quantitative estimate of drug-likeness (QED) is 0.776. The minimum atomic E-state index is -0.684. The SMILES string of the molecule is CCC1CCCC1(O)C1(C#N)CCCCC1. The van der Waals surface area contributed by atoms with Crippen LogP contribution in [0.1, 0.15) is 64.7 Å². The Morgan fingerprint density at radius 3 is 2.44 bits per heavy atom. The molecule has 2 fully saturated rings. The van der Waals surface area contributed by atoms with E-state index in [1.54, 1.807) is 0 Å². The van der Waals surface area contributed by atoms with Crippen LogP contribution < -0.4 is 0 Å². The molecule has 0 bridgehead atoms. The maximum atomic E-state index is 11.0. The van der Waals surface area contributed by atoms with Gasteiger partial charge in [0, 0.05) is 0 Å². The van der Waals surface area contributed by atoms with Gasteiger partial charge in [0.2, 0.25) is 0 Å². The third-order valence-corrected chi connectivity index (χ3v) is 5.03. The second-order valence-corrected chi connectivity index (χ2v) is 5.68. The lowest BCUT2D eigenvalue weighted by Crippen LogP contribution is -2.51. The highest BCUT2D eigenvalue weighted by molar-refractivity contribution is 5.16. The first-order valence-electron chi connectivity index (χ1n) is 6.82. The summed E-state index contributed by atoms with van der Waals surface area (Å²) in [7, 11) is 0. The molecular weight excluding hydrogens is 198 g/mol. The number of aliphatic hydroxyl groups is 1. The molecule has 2 rings (SSSR count). The first kappa shape index (κ1) is 11.9. The van der Waals surface area contributed by atoms with Gasteiger partial charge in [0.1, 0.15) is 0 Å². The zero-order valence-electron chi connectivity index (χ0n) is 10.3. The van der Waals surface area contributed by atoms with Crippen molar-refractivity contribution in [1.29, 1.82) is 5.26 Å². The molecule has 2 nitrogen and oxygen atoms in total. The maximum Gasteiger partial charge on any atom is 0.0863 e. The Morgan fingerprint density at radius 1 is 1.19 bits per heavy atom. The summed E-state index contributed by atoms with van der Waals surface area (Å²) >= 11 is 0. The van der Waals surface area contributed by atoms with Crippen molar-refractivity contribution in [1.82, 2.24) is 0 Å². The molecule has 2 atom stereocenters. The number of nitrogens with zero attached hydrogens (tertiary/aromatic N) is 1. The van der Waals surface area contributed by atoms with E-state index in [0.717, 1.165) is 51.4 Å². The van der Waals surface area contributed by atoms with E-state index in [1.807, 2.05) is 0 Å². The molecule has 0 aromatic carbocycles. The Hall–Kier alpha value is -0.550. The van der Waals surface area contributed by atoms with Crippen molar-refractivity contribution < 1.29 is 5.11 Å². The highest BCUT2D eigenvalue weighted by Crippen LogP contribution is 2.54. The highest BCUT2D eigenvalue weighted by atomic mass is 16.3. The third-order valence-electron chi connectivity index (χ3n) is 5.03. The largest absolute Gasteiger partial charge is 0.388 e. The Kier molecular flexibility index (Phi) is 3.26. The lowest BCUT2D eigenvalue weighted by atomic mass is 9.60. The average Bonchev–Trinajstić information content (AvgIpc) is 2.73. The third kappa shape index (κ3) is 1.57. The van der Waals surface area contributed by atoms with E-state index in [9.17, 15) is 10.4 Å². The van der Waals surface area contributed by atoms with Gasteiger partial charge in [0.25, 0.3) is 0 Å². The second kappa shape index (κ2) is 4.37. The summed E-state index contributed by atoms with van der Waals surface area (Å²) in [6, 6.07) is 2.51. The van der Waals surface area contributed by atoms with Crippen LogP contribution in [0.3, 0.4) is 0 Å². The van der Waals surface area contributed by atoms with Crippen molar-refractivity contribution in [2.45, 2.75) is 70.3 Å². The standard InChI is InChI=1S/C14H23NO/c1-2-12-7-6-10-14(12,16)13(11-15)8-4-3-5-9-13/h12,16H,2-10H2,1H3. The molecule has 0 radical (unpaired) electrons. The van der Waals surface area contributed by atoms with E-state index in [0.29, 0.717) is 5.92 Å². The summed E-state index contributed by atoms with van der Waals surface area (Å²) in [4.78, 5) is 0. The van der Waals surface area contributed by atoms with Gasteiger partial charge in [-0.1, -0.05) is 39.0 Å². The molecule has 2 unspecified atom stereocenters. The molecule has 16 heavy (non-hydrogen) atoms. The summed E-state index contributed by atoms with van der Waals surface area (Å²) in [5, 5.41) is 20.6. The molecule has 0 aromatic heterocycles. The fraction of sp³-hybridized carbons (Fsp3) is 0.929. The van der Waals surface area contributed by atoms with Crippen LogP contribution in [-0.2, 0) is 0 Å². The molecule has 0 amide bonds. The molecule has 2 aliphatic rings.